The third kappa shape index (κ3) is 5.44. The lowest BCUT2D eigenvalue weighted by atomic mass is 9.96. The van der Waals surface area contributed by atoms with Crippen molar-refractivity contribution in [2.45, 2.75) is 45.8 Å². The Kier molecular flexibility index (Phi) is 7.76. The Hall–Kier alpha value is -4.68. The number of anilines is 2. The second kappa shape index (κ2) is 12.0. The summed E-state index contributed by atoms with van der Waals surface area (Å²) in [4.78, 5) is 26.1. The lowest BCUT2D eigenvalue weighted by Crippen LogP contribution is -2.56. The number of nitrogens with zero attached hydrogens (tertiary/aromatic N) is 4. The van der Waals surface area contributed by atoms with Gasteiger partial charge in [0.25, 0.3) is 5.91 Å². The van der Waals surface area contributed by atoms with E-state index in [1.165, 1.54) is 5.56 Å². The number of benzene rings is 4. The van der Waals surface area contributed by atoms with E-state index in [9.17, 15) is 4.79 Å². The average molecular weight is 597 g/mol. The summed E-state index contributed by atoms with van der Waals surface area (Å²) in [6, 6.07) is 34.0. The number of carbonyl (C=O) groups excluding carboxylic acids is 1. The smallest absolute Gasteiger partial charge is 0.258 e. The highest BCUT2D eigenvalue weighted by molar-refractivity contribution is 6.17. The molecule has 0 aliphatic carbocycles. The van der Waals surface area contributed by atoms with Crippen molar-refractivity contribution in [1.29, 1.82) is 0 Å². The predicted molar refractivity (Wildman–Crippen MR) is 183 cm³/mol. The molecular weight excluding hydrogens is 556 g/mol. The predicted octanol–water partition coefficient (Wildman–Crippen LogP) is 7.52. The highest BCUT2D eigenvalue weighted by atomic mass is 16.5. The Morgan fingerprint density at radius 3 is 2.31 bits per heavy atom. The Labute approximate surface area is 265 Å². The van der Waals surface area contributed by atoms with Crippen LogP contribution >= 0.6 is 0 Å². The first-order chi connectivity index (χ1) is 21.9. The van der Waals surface area contributed by atoms with E-state index in [4.69, 9.17) is 9.72 Å². The van der Waals surface area contributed by atoms with Crippen molar-refractivity contribution in [2.75, 3.05) is 36.5 Å². The third-order valence-corrected chi connectivity index (χ3v) is 9.49. The molecule has 0 spiro atoms. The number of pyridine rings is 1. The molecule has 7 rings (SSSR count). The number of aromatic nitrogens is 1. The second-order valence-corrected chi connectivity index (χ2v) is 12.5. The first-order valence-corrected chi connectivity index (χ1v) is 15.9. The molecule has 0 unspecified atom stereocenters. The van der Waals surface area contributed by atoms with Gasteiger partial charge in [-0.1, -0.05) is 66.7 Å². The molecule has 6 heteroatoms. The summed E-state index contributed by atoms with van der Waals surface area (Å²) in [7, 11) is 1.75. The number of fused-ring (bicyclic) bond motifs is 2. The summed E-state index contributed by atoms with van der Waals surface area (Å²) in [5.41, 5.74) is 8.16. The van der Waals surface area contributed by atoms with Crippen molar-refractivity contribution in [3.8, 4) is 17.0 Å². The van der Waals surface area contributed by atoms with Crippen LogP contribution in [-0.2, 0) is 13.0 Å². The van der Waals surface area contributed by atoms with Crippen LogP contribution in [0.25, 0.3) is 22.0 Å². The van der Waals surface area contributed by atoms with Crippen LogP contribution in [0, 0.1) is 6.92 Å². The van der Waals surface area contributed by atoms with Crippen molar-refractivity contribution in [1.82, 2.24) is 9.88 Å². The van der Waals surface area contributed by atoms with E-state index in [1.54, 1.807) is 7.11 Å². The number of carbonyl (C=O) groups is 1. The molecule has 3 heterocycles. The third-order valence-electron chi connectivity index (χ3n) is 9.49. The van der Waals surface area contributed by atoms with Crippen molar-refractivity contribution >= 4 is 28.1 Å². The minimum absolute atomic E-state index is 0.0271. The Morgan fingerprint density at radius 2 is 1.58 bits per heavy atom. The van der Waals surface area contributed by atoms with Crippen LogP contribution in [0.2, 0.25) is 0 Å². The fourth-order valence-corrected chi connectivity index (χ4v) is 7.23. The fourth-order valence-electron chi connectivity index (χ4n) is 7.23. The molecule has 1 amide bonds. The molecule has 0 saturated carbocycles. The van der Waals surface area contributed by atoms with Crippen molar-refractivity contribution < 1.29 is 9.53 Å². The summed E-state index contributed by atoms with van der Waals surface area (Å²) in [5.74, 6) is 0.902. The number of hydrogen-bond donors (Lipinski definition) is 0. The Bertz CT molecular complexity index is 1860. The van der Waals surface area contributed by atoms with Gasteiger partial charge < -0.3 is 14.5 Å². The lowest BCUT2D eigenvalue weighted by molar-refractivity contribution is 0.0991. The lowest BCUT2D eigenvalue weighted by Gasteiger charge is -2.45. The van der Waals surface area contributed by atoms with Crippen LogP contribution < -0.4 is 14.5 Å². The largest absolute Gasteiger partial charge is 0.495 e. The molecule has 228 valence electrons. The topological polar surface area (TPSA) is 48.9 Å². The molecular formula is C39H40N4O2. The van der Waals surface area contributed by atoms with Gasteiger partial charge in [-0.3, -0.25) is 14.7 Å². The van der Waals surface area contributed by atoms with E-state index in [0.717, 1.165) is 76.5 Å². The Morgan fingerprint density at radius 1 is 0.844 bits per heavy atom. The van der Waals surface area contributed by atoms with Crippen LogP contribution in [0.1, 0.15) is 41.0 Å². The van der Waals surface area contributed by atoms with Crippen LogP contribution in [0.15, 0.2) is 97.1 Å². The van der Waals surface area contributed by atoms with Gasteiger partial charge >= 0.3 is 0 Å². The van der Waals surface area contributed by atoms with Gasteiger partial charge in [0.05, 0.1) is 18.5 Å². The van der Waals surface area contributed by atoms with Gasteiger partial charge in [-0.05, 0) is 79.4 Å². The highest BCUT2D eigenvalue weighted by Crippen LogP contribution is 2.41. The molecule has 0 radical (unpaired) electrons. The monoisotopic (exact) mass is 596 g/mol. The molecule has 4 aromatic carbocycles. The van der Waals surface area contributed by atoms with Crippen molar-refractivity contribution in [2.24, 2.45) is 0 Å². The van der Waals surface area contributed by atoms with Gasteiger partial charge in [-0.2, -0.15) is 0 Å². The molecule has 6 nitrogen and oxygen atoms in total. The van der Waals surface area contributed by atoms with Gasteiger partial charge in [-0.15, -0.1) is 0 Å². The molecule has 2 aliphatic rings. The summed E-state index contributed by atoms with van der Waals surface area (Å²) in [6.45, 7) is 9.98. The SMILES string of the molecule is COc1cc2c(cc1N1C[C@@H](C)N(Cc3ccccc3)[C@@H](C)C1)N(C(=O)c1ccc(-c3cccc(C)n3)c3ccccc13)CC2. The minimum Gasteiger partial charge on any atom is -0.495 e. The van der Waals surface area contributed by atoms with E-state index in [1.807, 2.05) is 54.3 Å². The van der Waals surface area contributed by atoms with Crippen molar-refractivity contribution in [3.63, 3.8) is 0 Å². The van der Waals surface area contributed by atoms with Crippen LogP contribution in [0.4, 0.5) is 11.4 Å². The maximum atomic E-state index is 14.3. The Balaban J connectivity index is 1.20. The van der Waals surface area contributed by atoms with Crippen molar-refractivity contribution in [3.05, 3.63) is 119 Å². The molecule has 1 aromatic heterocycles. The van der Waals surface area contributed by atoms with E-state index in [0.29, 0.717) is 24.2 Å². The molecule has 2 aliphatic heterocycles. The fraction of sp³-hybridized carbons (Fsp3) is 0.282. The van der Waals surface area contributed by atoms with E-state index >= 15 is 0 Å². The summed E-state index contributed by atoms with van der Waals surface area (Å²) >= 11 is 0. The zero-order valence-corrected chi connectivity index (χ0v) is 26.5. The number of rotatable bonds is 6. The first kappa shape index (κ1) is 29.1. The molecule has 5 aromatic rings. The number of methoxy groups -OCH3 is 1. The van der Waals surface area contributed by atoms with Gasteiger partial charge in [0.15, 0.2) is 0 Å². The summed E-state index contributed by atoms with van der Waals surface area (Å²) in [6.07, 6.45) is 0.804. The first-order valence-electron chi connectivity index (χ1n) is 15.9. The number of hydrogen-bond acceptors (Lipinski definition) is 5. The zero-order valence-electron chi connectivity index (χ0n) is 26.5. The summed E-state index contributed by atoms with van der Waals surface area (Å²) in [5, 5.41) is 1.98. The number of aryl methyl sites for hydroxylation is 1. The van der Waals surface area contributed by atoms with Gasteiger partial charge in [0.1, 0.15) is 5.75 Å². The minimum atomic E-state index is 0.0271. The van der Waals surface area contributed by atoms with Gasteiger partial charge in [-0.25, -0.2) is 0 Å². The van der Waals surface area contributed by atoms with Crippen LogP contribution in [0.5, 0.6) is 5.75 Å². The maximum absolute atomic E-state index is 14.3. The van der Waals surface area contributed by atoms with E-state index in [-0.39, 0.29) is 5.91 Å². The molecule has 45 heavy (non-hydrogen) atoms. The quantitative estimate of drug-likeness (QED) is 0.203. The highest BCUT2D eigenvalue weighted by Gasteiger charge is 2.34. The van der Waals surface area contributed by atoms with Gasteiger partial charge in [0, 0.05) is 60.8 Å². The normalized spacial score (nSPS) is 18.3. The van der Waals surface area contributed by atoms with Crippen LogP contribution in [0.3, 0.4) is 0 Å². The number of piperazine rings is 1. The zero-order chi connectivity index (χ0) is 31.1. The van der Waals surface area contributed by atoms with Crippen LogP contribution in [-0.4, -0.2) is 54.6 Å². The molecule has 1 saturated heterocycles. The second-order valence-electron chi connectivity index (χ2n) is 12.5. The molecule has 0 bridgehead atoms. The maximum Gasteiger partial charge on any atom is 0.258 e. The summed E-state index contributed by atoms with van der Waals surface area (Å²) < 4.78 is 5.95. The van der Waals surface area contributed by atoms with E-state index in [2.05, 4.69) is 78.2 Å². The molecule has 2 atom stereocenters. The van der Waals surface area contributed by atoms with E-state index < -0.39 is 0 Å². The van der Waals surface area contributed by atoms with Gasteiger partial charge in [0.2, 0.25) is 0 Å². The number of ether oxygens (including phenoxy) is 1. The molecule has 1 fully saturated rings. The number of amides is 1. The average Bonchev–Trinajstić information content (AvgIpc) is 3.48. The molecule has 0 N–H and O–H groups in total. The standard InChI is InChI=1S/C39H40N4O2/c1-26-11-10-16-35(40-26)33-17-18-34(32-15-9-8-14-31(32)33)39(44)42-20-19-30-21-38(45-4)37(22-36(30)42)41-23-27(2)43(28(3)24-41)25-29-12-6-5-7-13-29/h5-18,21-22,27-28H,19-20,23-25H2,1-4H3/t27-,28+.